The Morgan fingerprint density at radius 1 is 0.952 bits per heavy atom. The maximum absolute atomic E-state index is 5.91. The van der Waals surface area contributed by atoms with E-state index < -0.39 is 0 Å². The van der Waals surface area contributed by atoms with Crippen LogP contribution < -0.4 is 0 Å². The van der Waals surface area contributed by atoms with Crippen molar-refractivity contribution in [1.82, 2.24) is 0 Å². The minimum atomic E-state index is 0.451. The molecule has 1 nitrogen and oxygen atoms in total. The van der Waals surface area contributed by atoms with Crippen molar-refractivity contribution in [1.29, 1.82) is 0 Å². The summed E-state index contributed by atoms with van der Waals surface area (Å²) in [4.78, 5) is 0. The molecule has 1 aliphatic carbocycles. The third kappa shape index (κ3) is 2.01. The van der Waals surface area contributed by atoms with E-state index in [-0.39, 0.29) is 0 Å². The molecule has 0 bridgehead atoms. The van der Waals surface area contributed by atoms with E-state index in [1.807, 2.05) is 12.1 Å². The molecule has 2 unspecified atom stereocenters. The Labute approximate surface area is 124 Å². The highest BCUT2D eigenvalue weighted by Gasteiger charge is 2.19. The number of para-hydroxylation sites is 1. The topological polar surface area (TPSA) is 13.1 Å². The number of benzene rings is 2. The fourth-order valence-electron chi connectivity index (χ4n) is 3.37. The van der Waals surface area contributed by atoms with Crippen LogP contribution in [0.15, 0.2) is 70.7 Å². The number of rotatable bonds is 1. The second kappa shape index (κ2) is 4.63. The molecular formula is C20H18O. The molecule has 0 amide bonds. The molecule has 1 aromatic heterocycles. The SMILES string of the molecule is CC1=CC(C)C(c2ccc3oc4ccccc4c3c2)C=C1. The number of fused-ring (bicyclic) bond motifs is 3. The van der Waals surface area contributed by atoms with Gasteiger partial charge in [0.15, 0.2) is 0 Å². The lowest BCUT2D eigenvalue weighted by Gasteiger charge is -2.22. The van der Waals surface area contributed by atoms with Crippen molar-refractivity contribution in [2.24, 2.45) is 5.92 Å². The molecule has 0 fully saturated rings. The number of furan rings is 1. The molecule has 21 heavy (non-hydrogen) atoms. The number of allylic oxidation sites excluding steroid dienone is 4. The van der Waals surface area contributed by atoms with Crippen molar-refractivity contribution in [3.63, 3.8) is 0 Å². The zero-order chi connectivity index (χ0) is 14.4. The predicted molar refractivity (Wildman–Crippen MR) is 88.5 cm³/mol. The van der Waals surface area contributed by atoms with E-state index in [2.05, 4.69) is 62.4 Å². The smallest absolute Gasteiger partial charge is 0.135 e. The van der Waals surface area contributed by atoms with E-state index in [0.717, 1.165) is 11.2 Å². The third-order valence-corrected chi connectivity index (χ3v) is 4.44. The fourth-order valence-corrected chi connectivity index (χ4v) is 3.37. The normalized spacial score (nSPS) is 21.9. The first kappa shape index (κ1) is 12.5. The van der Waals surface area contributed by atoms with Gasteiger partial charge >= 0.3 is 0 Å². The van der Waals surface area contributed by atoms with Crippen LogP contribution in [-0.2, 0) is 0 Å². The fraction of sp³-hybridized carbons (Fsp3) is 0.200. The molecule has 1 heterocycles. The Morgan fingerprint density at radius 2 is 1.76 bits per heavy atom. The molecule has 0 N–H and O–H groups in total. The van der Waals surface area contributed by atoms with Crippen LogP contribution in [0.2, 0.25) is 0 Å². The van der Waals surface area contributed by atoms with Gasteiger partial charge < -0.3 is 4.42 Å². The molecule has 0 aliphatic heterocycles. The Kier molecular flexibility index (Phi) is 2.75. The quantitative estimate of drug-likeness (QED) is 0.544. The molecule has 0 saturated carbocycles. The first-order valence-corrected chi connectivity index (χ1v) is 7.50. The maximum atomic E-state index is 5.91. The van der Waals surface area contributed by atoms with Crippen LogP contribution in [0.25, 0.3) is 21.9 Å². The van der Waals surface area contributed by atoms with E-state index in [1.165, 1.54) is 21.9 Å². The van der Waals surface area contributed by atoms with Crippen LogP contribution >= 0.6 is 0 Å². The van der Waals surface area contributed by atoms with Gasteiger partial charge in [-0.25, -0.2) is 0 Å². The summed E-state index contributed by atoms with van der Waals surface area (Å²) in [5, 5.41) is 2.42. The number of hydrogen-bond acceptors (Lipinski definition) is 1. The summed E-state index contributed by atoms with van der Waals surface area (Å²) in [7, 11) is 0. The summed E-state index contributed by atoms with van der Waals surface area (Å²) in [5.41, 5.74) is 4.65. The van der Waals surface area contributed by atoms with E-state index >= 15 is 0 Å². The van der Waals surface area contributed by atoms with Gasteiger partial charge in [0.1, 0.15) is 11.2 Å². The highest BCUT2D eigenvalue weighted by molar-refractivity contribution is 6.05. The predicted octanol–water partition coefficient (Wildman–Crippen LogP) is 5.82. The van der Waals surface area contributed by atoms with Crippen LogP contribution in [0.4, 0.5) is 0 Å². The first-order chi connectivity index (χ1) is 10.2. The van der Waals surface area contributed by atoms with E-state index in [9.17, 15) is 0 Å². The van der Waals surface area contributed by atoms with Gasteiger partial charge in [0.2, 0.25) is 0 Å². The zero-order valence-corrected chi connectivity index (χ0v) is 12.3. The van der Waals surface area contributed by atoms with Crippen molar-refractivity contribution >= 4 is 21.9 Å². The van der Waals surface area contributed by atoms with Gasteiger partial charge in [0, 0.05) is 16.7 Å². The van der Waals surface area contributed by atoms with E-state index in [0.29, 0.717) is 11.8 Å². The van der Waals surface area contributed by atoms with Gasteiger partial charge in [-0.2, -0.15) is 0 Å². The lowest BCUT2D eigenvalue weighted by molar-refractivity contribution is 0.629. The van der Waals surface area contributed by atoms with Gasteiger partial charge in [-0.3, -0.25) is 0 Å². The second-order valence-corrected chi connectivity index (χ2v) is 6.01. The van der Waals surface area contributed by atoms with E-state index in [1.54, 1.807) is 0 Å². The van der Waals surface area contributed by atoms with Gasteiger partial charge in [-0.05, 0) is 36.6 Å². The van der Waals surface area contributed by atoms with Crippen LogP contribution in [-0.4, -0.2) is 0 Å². The lowest BCUT2D eigenvalue weighted by atomic mass is 9.82. The Bertz CT molecular complexity index is 879. The standard InChI is InChI=1S/C20H18O/c1-13-7-9-16(14(2)11-13)15-8-10-20-18(12-15)17-5-3-4-6-19(17)21-20/h3-12,14,16H,1-2H3. The van der Waals surface area contributed by atoms with Crippen LogP contribution in [0.1, 0.15) is 25.3 Å². The summed E-state index contributed by atoms with van der Waals surface area (Å²) < 4.78 is 5.91. The van der Waals surface area contributed by atoms with Crippen molar-refractivity contribution in [2.45, 2.75) is 19.8 Å². The molecule has 104 valence electrons. The highest BCUT2D eigenvalue weighted by Crippen LogP contribution is 2.36. The average Bonchev–Trinajstić information content (AvgIpc) is 2.85. The minimum absolute atomic E-state index is 0.451. The molecule has 2 aromatic carbocycles. The van der Waals surface area contributed by atoms with Crippen molar-refractivity contribution in [3.05, 3.63) is 71.8 Å². The molecule has 3 aromatic rings. The van der Waals surface area contributed by atoms with Crippen LogP contribution in [0.5, 0.6) is 0 Å². The Balaban J connectivity index is 1.87. The summed E-state index contributed by atoms with van der Waals surface area (Å²) >= 11 is 0. The minimum Gasteiger partial charge on any atom is -0.456 e. The molecule has 1 aliphatic rings. The third-order valence-electron chi connectivity index (χ3n) is 4.44. The van der Waals surface area contributed by atoms with Crippen LogP contribution in [0.3, 0.4) is 0 Å². The van der Waals surface area contributed by atoms with Gasteiger partial charge in [0.05, 0.1) is 0 Å². The Hall–Kier alpha value is -2.28. The van der Waals surface area contributed by atoms with E-state index in [4.69, 9.17) is 4.42 Å². The summed E-state index contributed by atoms with van der Waals surface area (Å²) in [5.74, 6) is 0.984. The lowest BCUT2D eigenvalue weighted by Crippen LogP contribution is -2.08. The van der Waals surface area contributed by atoms with Crippen molar-refractivity contribution in [3.8, 4) is 0 Å². The monoisotopic (exact) mass is 274 g/mol. The maximum Gasteiger partial charge on any atom is 0.135 e. The van der Waals surface area contributed by atoms with Gasteiger partial charge in [-0.15, -0.1) is 0 Å². The molecule has 1 heteroatoms. The van der Waals surface area contributed by atoms with Gasteiger partial charge in [-0.1, -0.05) is 55.0 Å². The van der Waals surface area contributed by atoms with Gasteiger partial charge in [0.25, 0.3) is 0 Å². The largest absolute Gasteiger partial charge is 0.456 e. The molecule has 0 saturated heterocycles. The first-order valence-electron chi connectivity index (χ1n) is 7.50. The molecular weight excluding hydrogens is 256 g/mol. The molecule has 4 rings (SSSR count). The Morgan fingerprint density at radius 3 is 2.62 bits per heavy atom. The molecule has 0 radical (unpaired) electrons. The molecule has 2 atom stereocenters. The highest BCUT2D eigenvalue weighted by atomic mass is 16.3. The zero-order valence-electron chi connectivity index (χ0n) is 12.3. The van der Waals surface area contributed by atoms with Crippen molar-refractivity contribution < 1.29 is 4.42 Å². The molecule has 0 spiro atoms. The average molecular weight is 274 g/mol. The summed E-state index contributed by atoms with van der Waals surface area (Å²) in [6, 6.07) is 14.9. The summed E-state index contributed by atoms with van der Waals surface area (Å²) in [6.45, 7) is 4.45. The second-order valence-electron chi connectivity index (χ2n) is 6.01. The number of hydrogen-bond donors (Lipinski definition) is 0. The summed E-state index contributed by atoms with van der Waals surface area (Å²) in [6.07, 6.45) is 6.90. The van der Waals surface area contributed by atoms with Crippen molar-refractivity contribution in [2.75, 3.05) is 0 Å². The van der Waals surface area contributed by atoms with Crippen LogP contribution in [0, 0.1) is 5.92 Å².